The van der Waals surface area contributed by atoms with E-state index in [-0.39, 0.29) is 57.8 Å². The molecular weight excluding hydrogens is 604 g/mol. The van der Waals surface area contributed by atoms with Crippen LogP contribution in [-0.2, 0) is 61.9 Å². The van der Waals surface area contributed by atoms with Crippen LogP contribution in [0.15, 0.2) is 0 Å². The van der Waals surface area contributed by atoms with Crippen LogP contribution in [-0.4, -0.2) is 156 Å². The number of nitrogens with zero attached hydrogens (tertiary/aromatic N) is 1. The lowest BCUT2D eigenvalue weighted by atomic mass is 9.99. The molecule has 3 amide bonds. The number of ether oxygens (including phenoxy) is 8. The summed E-state index contributed by atoms with van der Waals surface area (Å²) in [6.45, 7) is 6.46. The van der Waals surface area contributed by atoms with E-state index in [2.05, 4.69) is 5.32 Å². The fraction of sp³-hybridized carbons (Fsp3) is 0.857. The van der Waals surface area contributed by atoms with Crippen LogP contribution in [0, 0.1) is 0 Å². The zero-order valence-corrected chi connectivity index (χ0v) is 25.9. The standard InChI is InChI=1S/C28H48N2O15/c1-21-28(36)22(20-27(35)44-21)29-23(31)4-6-37-8-10-39-12-14-41-16-18-43-19-17-42-15-13-40-11-9-38-7-5-26(34)45-30-24(32)2-3-25(30)33/h21-22,27-28,35-36H,2-20H2,1H3,(H,29,31). The molecule has 260 valence electrons. The number of amides is 3. The van der Waals surface area contributed by atoms with Crippen molar-refractivity contribution in [2.45, 2.75) is 63.6 Å². The number of hydrogen-bond acceptors (Lipinski definition) is 15. The van der Waals surface area contributed by atoms with Crippen molar-refractivity contribution in [3.63, 3.8) is 0 Å². The second kappa shape index (κ2) is 23.9. The Bertz CT molecular complexity index is 848. The summed E-state index contributed by atoms with van der Waals surface area (Å²) in [5.74, 6) is -2.02. The van der Waals surface area contributed by atoms with Crippen LogP contribution < -0.4 is 5.32 Å². The summed E-state index contributed by atoms with van der Waals surface area (Å²) in [6, 6.07) is -0.561. The van der Waals surface area contributed by atoms with Crippen LogP contribution in [0.4, 0.5) is 0 Å². The van der Waals surface area contributed by atoms with Crippen molar-refractivity contribution < 1.29 is 72.1 Å². The topological polar surface area (TPSA) is 207 Å². The number of carbonyl (C=O) groups is 4. The largest absolute Gasteiger partial charge is 0.388 e. The molecule has 0 saturated carbocycles. The van der Waals surface area contributed by atoms with Crippen LogP contribution in [0.5, 0.6) is 0 Å². The summed E-state index contributed by atoms with van der Waals surface area (Å²) < 4.78 is 42.8. The summed E-state index contributed by atoms with van der Waals surface area (Å²) in [5, 5.41) is 22.9. The quantitative estimate of drug-likeness (QED) is 0.0715. The molecule has 0 aromatic heterocycles. The lowest BCUT2D eigenvalue weighted by Gasteiger charge is -2.36. The van der Waals surface area contributed by atoms with Gasteiger partial charge in [0.15, 0.2) is 6.29 Å². The van der Waals surface area contributed by atoms with E-state index in [1.165, 1.54) is 0 Å². The molecular formula is C28H48N2O15. The van der Waals surface area contributed by atoms with E-state index < -0.39 is 42.3 Å². The second-order valence-electron chi connectivity index (χ2n) is 10.0. The molecule has 0 radical (unpaired) electrons. The first-order chi connectivity index (χ1) is 21.8. The molecule has 2 saturated heterocycles. The van der Waals surface area contributed by atoms with Gasteiger partial charge in [0.2, 0.25) is 5.91 Å². The van der Waals surface area contributed by atoms with E-state index in [4.69, 9.17) is 42.7 Å². The van der Waals surface area contributed by atoms with Crippen LogP contribution in [0.25, 0.3) is 0 Å². The van der Waals surface area contributed by atoms with Crippen molar-refractivity contribution in [1.29, 1.82) is 0 Å². The van der Waals surface area contributed by atoms with Crippen molar-refractivity contribution in [2.75, 3.05) is 92.5 Å². The molecule has 2 rings (SSSR count). The number of carbonyl (C=O) groups excluding carboxylic acids is 4. The van der Waals surface area contributed by atoms with Crippen LogP contribution in [0.2, 0.25) is 0 Å². The highest BCUT2D eigenvalue weighted by Crippen LogP contribution is 2.18. The number of hydrogen-bond donors (Lipinski definition) is 3. The van der Waals surface area contributed by atoms with Gasteiger partial charge in [0.1, 0.15) is 6.10 Å². The summed E-state index contributed by atoms with van der Waals surface area (Å²) >= 11 is 0. The third-order valence-electron chi connectivity index (χ3n) is 6.42. The number of rotatable bonds is 26. The Morgan fingerprint density at radius 3 is 1.56 bits per heavy atom. The van der Waals surface area contributed by atoms with Crippen LogP contribution in [0.3, 0.4) is 0 Å². The fourth-order valence-electron chi connectivity index (χ4n) is 4.04. The molecule has 3 N–H and O–H groups in total. The molecule has 2 heterocycles. The zero-order chi connectivity index (χ0) is 32.7. The summed E-state index contributed by atoms with van der Waals surface area (Å²) in [6.07, 6.45) is -2.17. The first-order valence-corrected chi connectivity index (χ1v) is 15.2. The molecule has 17 heteroatoms. The highest BCUT2D eigenvalue weighted by molar-refractivity contribution is 6.01. The number of aliphatic hydroxyl groups is 2. The predicted molar refractivity (Wildman–Crippen MR) is 151 cm³/mol. The molecule has 17 nitrogen and oxygen atoms in total. The van der Waals surface area contributed by atoms with E-state index in [1.54, 1.807) is 6.92 Å². The van der Waals surface area contributed by atoms with Crippen LogP contribution >= 0.6 is 0 Å². The van der Waals surface area contributed by atoms with Gasteiger partial charge in [-0.1, -0.05) is 0 Å². The minimum absolute atomic E-state index is 0.0513. The van der Waals surface area contributed by atoms with E-state index in [0.717, 1.165) is 0 Å². The molecule has 2 aliphatic heterocycles. The average Bonchev–Trinajstić information content (AvgIpc) is 3.32. The Balaban J connectivity index is 1.23. The van der Waals surface area contributed by atoms with Gasteiger partial charge in [-0.2, -0.15) is 0 Å². The van der Waals surface area contributed by atoms with Gasteiger partial charge in [-0.15, -0.1) is 5.06 Å². The molecule has 2 aliphatic rings. The highest BCUT2D eigenvalue weighted by atomic mass is 16.7. The lowest BCUT2D eigenvalue weighted by Crippen LogP contribution is -2.54. The first kappa shape index (κ1) is 38.9. The molecule has 4 unspecified atom stereocenters. The zero-order valence-electron chi connectivity index (χ0n) is 25.9. The third kappa shape index (κ3) is 17.8. The van der Waals surface area contributed by atoms with Crippen molar-refractivity contribution in [3.05, 3.63) is 0 Å². The minimum atomic E-state index is -1.01. The molecule has 0 aliphatic carbocycles. The summed E-state index contributed by atoms with van der Waals surface area (Å²) in [7, 11) is 0. The Kier molecular flexibility index (Phi) is 20.7. The van der Waals surface area contributed by atoms with Gasteiger partial charge in [-0.3, -0.25) is 14.4 Å². The maximum absolute atomic E-state index is 12.0. The Hall–Kier alpha value is -2.32. The molecule has 2 fully saturated rings. The van der Waals surface area contributed by atoms with Gasteiger partial charge < -0.3 is 58.3 Å². The van der Waals surface area contributed by atoms with Gasteiger partial charge >= 0.3 is 5.97 Å². The molecule has 0 aromatic rings. The van der Waals surface area contributed by atoms with E-state index >= 15 is 0 Å². The Morgan fingerprint density at radius 2 is 1.11 bits per heavy atom. The van der Waals surface area contributed by atoms with Gasteiger partial charge in [0, 0.05) is 25.7 Å². The van der Waals surface area contributed by atoms with Crippen LogP contribution in [0.1, 0.15) is 39.0 Å². The maximum atomic E-state index is 12.0. The monoisotopic (exact) mass is 652 g/mol. The van der Waals surface area contributed by atoms with E-state index in [9.17, 15) is 29.4 Å². The normalized spacial score (nSPS) is 21.8. The van der Waals surface area contributed by atoms with Crippen molar-refractivity contribution >= 4 is 23.7 Å². The number of hydroxylamine groups is 2. The highest BCUT2D eigenvalue weighted by Gasteiger charge is 2.35. The summed E-state index contributed by atoms with van der Waals surface area (Å²) in [4.78, 5) is 51.1. The van der Waals surface area contributed by atoms with E-state index in [0.29, 0.717) is 77.7 Å². The second-order valence-corrected chi connectivity index (χ2v) is 10.0. The SMILES string of the molecule is CC1OC(O)CC(NC(=O)CCOCCOCCOCCOCCOCCOCCOCCC(=O)ON2C(=O)CCC2=O)C1O. The first-order valence-electron chi connectivity index (χ1n) is 15.2. The maximum Gasteiger partial charge on any atom is 0.335 e. The molecule has 0 aromatic carbocycles. The fourth-order valence-corrected chi connectivity index (χ4v) is 4.04. The number of aliphatic hydroxyl groups excluding tert-OH is 2. The summed E-state index contributed by atoms with van der Waals surface area (Å²) in [5.41, 5.74) is 0. The predicted octanol–water partition coefficient (Wildman–Crippen LogP) is -1.54. The van der Waals surface area contributed by atoms with Crippen molar-refractivity contribution in [1.82, 2.24) is 10.4 Å². The van der Waals surface area contributed by atoms with Gasteiger partial charge in [0.05, 0.1) is 111 Å². The van der Waals surface area contributed by atoms with Crippen molar-refractivity contribution in [2.24, 2.45) is 0 Å². The van der Waals surface area contributed by atoms with E-state index in [1.807, 2.05) is 0 Å². The Labute approximate surface area is 262 Å². The third-order valence-corrected chi connectivity index (χ3v) is 6.42. The molecule has 0 spiro atoms. The average molecular weight is 653 g/mol. The van der Waals surface area contributed by atoms with Crippen molar-refractivity contribution in [3.8, 4) is 0 Å². The molecule has 45 heavy (non-hydrogen) atoms. The van der Waals surface area contributed by atoms with Gasteiger partial charge in [0.25, 0.3) is 11.8 Å². The number of nitrogens with one attached hydrogen (secondary N) is 1. The van der Waals surface area contributed by atoms with Gasteiger partial charge in [-0.05, 0) is 6.92 Å². The lowest BCUT2D eigenvalue weighted by molar-refractivity contribution is -0.202. The molecule has 0 bridgehead atoms. The number of imide groups is 1. The smallest absolute Gasteiger partial charge is 0.335 e. The molecule has 4 atom stereocenters. The van der Waals surface area contributed by atoms with Gasteiger partial charge in [-0.25, -0.2) is 4.79 Å². The Morgan fingerprint density at radius 1 is 0.711 bits per heavy atom. The minimum Gasteiger partial charge on any atom is -0.388 e.